The average molecular weight is 418 g/mol. The normalized spacial score (nSPS) is 10.8. The molecule has 4 rings (SSSR count). The van der Waals surface area contributed by atoms with Crippen molar-refractivity contribution in [2.24, 2.45) is 0 Å². The molecule has 0 bridgehead atoms. The second-order valence-electron chi connectivity index (χ2n) is 6.95. The minimum Gasteiger partial charge on any atom is -0.366 e. The van der Waals surface area contributed by atoms with Crippen molar-refractivity contribution in [3.8, 4) is 11.4 Å². The van der Waals surface area contributed by atoms with Crippen molar-refractivity contribution >= 4 is 22.5 Å². The van der Waals surface area contributed by atoms with Gasteiger partial charge < -0.3 is 15.2 Å². The van der Waals surface area contributed by atoms with E-state index < -0.39 is 0 Å². The van der Waals surface area contributed by atoms with Crippen LogP contribution in [0, 0.1) is 0 Å². The monoisotopic (exact) mass is 418 g/mol. The summed E-state index contributed by atoms with van der Waals surface area (Å²) in [6.07, 6.45) is 1.52. The molecule has 3 N–H and O–H groups in total. The van der Waals surface area contributed by atoms with Gasteiger partial charge in [0.15, 0.2) is 5.82 Å². The highest BCUT2D eigenvalue weighted by Crippen LogP contribution is 2.17. The van der Waals surface area contributed by atoms with Gasteiger partial charge in [0.05, 0.1) is 5.39 Å². The second kappa shape index (κ2) is 9.66. The summed E-state index contributed by atoms with van der Waals surface area (Å²) >= 11 is 0. The van der Waals surface area contributed by atoms with Crippen molar-refractivity contribution in [1.82, 2.24) is 25.7 Å². The molecule has 2 aromatic heterocycles. The van der Waals surface area contributed by atoms with E-state index in [1.165, 1.54) is 0 Å². The van der Waals surface area contributed by atoms with Gasteiger partial charge >= 0.3 is 0 Å². The van der Waals surface area contributed by atoms with Crippen molar-refractivity contribution in [3.05, 3.63) is 70.8 Å². The maximum atomic E-state index is 12.1. The Kier molecular flexibility index (Phi) is 6.32. The summed E-state index contributed by atoms with van der Waals surface area (Å²) in [5, 5.41) is 17.8. The van der Waals surface area contributed by atoms with Crippen LogP contribution >= 0.6 is 0 Å². The Labute approximate surface area is 177 Å². The maximum Gasteiger partial charge on any atom is 0.272 e. The number of carbonyl (C=O) groups excluding carboxylic acids is 1. The molecule has 158 valence electrons. The lowest BCUT2D eigenvalue weighted by Gasteiger charge is -2.09. The minimum absolute atomic E-state index is 0.0520. The first kappa shape index (κ1) is 20.3. The van der Waals surface area contributed by atoms with Crippen LogP contribution < -0.4 is 16.2 Å². The number of aryl methyl sites for hydroxylation is 1. The van der Waals surface area contributed by atoms with Crippen LogP contribution in [-0.2, 0) is 11.2 Å². The summed E-state index contributed by atoms with van der Waals surface area (Å²) in [7, 11) is 0. The van der Waals surface area contributed by atoms with E-state index in [4.69, 9.17) is 4.52 Å². The molecule has 9 heteroatoms. The van der Waals surface area contributed by atoms with E-state index in [1.54, 1.807) is 12.1 Å². The van der Waals surface area contributed by atoms with E-state index in [1.807, 2.05) is 42.5 Å². The van der Waals surface area contributed by atoms with Crippen LogP contribution in [0.5, 0.6) is 0 Å². The predicted molar refractivity (Wildman–Crippen MR) is 117 cm³/mol. The Morgan fingerprint density at radius 1 is 1.00 bits per heavy atom. The van der Waals surface area contributed by atoms with Crippen LogP contribution in [-0.4, -0.2) is 39.3 Å². The highest BCUT2D eigenvalue weighted by atomic mass is 16.5. The van der Waals surface area contributed by atoms with Crippen LogP contribution in [0.3, 0.4) is 0 Å². The number of nitrogens with one attached hydrogen (secondary N) is 3. The first-order valence-corrected chi connectivity index (χ1v) is 10.1. The number of aromatic amines is 1. The smallest absolute Gasteiger partial charge is 0.272 e. The topological polar surface area (TPSA) is 126 Å². The van der Waals surface area contributed by atoms with Gasteiger partial charge in [0.1, 0.15) is 0 Å². The maximum absolute atomic E-state index is 12.1. The molecule has 0 saturated heterocycles. The summed E-state index contributed by atoms with van der Waals surface area (Å²) in [4.78, 5) is 28.2. The van der Waals surface area contributed by atoms with E-state index in [9.17, 15) is 9.59 Å². The highest BCUT2D eigenvalue weighted by molar-refractivity contribution is 5.90. The van der Waals surface area contributed by atoms with E-state index in [2.05, 4.69) is 31.0 Å². The first-order chi connectivity index (χ1) is 15.2. The van der Waals surface area contributed by atoms with Gasteiger partial charge in [-0.1, -0.05) is 53.7 Å². The number of rotatable bonds is 9. The van der Waals surface area contributed by atoms with E-state index >= 15 is 0 Å². The number of H-pyrrole nitrogens is 1. The molecule has 0 aliphatic carbocycles. The average Bonchev–Trinajstić information content (AvgIpc) is 3.28. The minimum atomic E-state index is -0.230. The number of nitrogens with zero attached hydrogens (tertiary/aromatic N) is 3. The lowest BCUT2D eigenvalue weighted by atomic mass is 10.2. The zero-order valence-corrected chi connectivity index (χ0v) is 16.8. The van der Waals surface area contributed by atoms with E-state index in [0.29, 0.717) is 55.3 Å². The Morgan fingerprint density at radius 3 is 2.61 bits per heavy atom. The number of aromatic nitrogens is 4. The fraction of sp³-hybridized carbons (Fsp3) is 0.227. The number of hydrogen-bond donors (Lipinski definition) is 3. The molecule has 9 nitrogen and oxygen atoms in total. The zero-order valence-electron chi connectivity index (χ0n) is 16.8. The predicted octanol–water partition coefficient (Wildman–Crippen LogP) is 2.52. The molecule has 1 amide bonds. The molecule has 4 aromatic rings. The Hall–Kier alpha value is -4.01. The lowest BCUT2D eigenvalue weighted by Crippen LogP contribution is -2.29. The summed E-state index contributed by atoms with van der Waals surface area (Å²) in [6, 6.07) is 16.8. The van der Waals surface area contributed by atoms with Crippen LogP contribution in [0.1, 0.15) is 18.7 Å². The Balaban J connectivity index is 1.18. The van der Waals surface area contributed by atoms with Crippen molar-refractivity contribution < 1.29 is 9.32 Å². The summed E-state index contributed by atoms with van der Waals surface area (Å²) in [5.41, 5.74) is 0.666. The van der Waals surface area contributed by atoms with Gasteiger partial charge in [-0.3, -0.25) is 9.59 Å². The number of hydrogen-bond acceptors (Lipinski definition) is 7. The van der Waals surface area contributed by atoms with Gasteiger partial charge in [-0.25, -0.2) is 5.10 Å². The van der Waals surface area contributed by atoms with Crippen molar-refractivity contribution in [1.29, 1.82) is 0 Å². The molecular formula is C22H22N6O3. The largest absolute Gasteiger partial charge is 0.366 e. The molecule has 0 aliphatic heterocycles. The molecule has 0 aliphatic rings. The lowest BCUT2D eigenvalue weighted by molar-refractivity contribution is -0.121. The van der Waals surface area contributed by atoms with Gasteiger partial charge in [0.25, 0.3) is 5.56 Å². The third-order valence-corrected chi connectivity index (χ3v) is 4.73. The zero-order chi connectivity index (χ0) is 21.5. The van der Waals surface area contributed by atoms with E-state index in [0.717, 1.165) is 10.9 Å². The third-order valence-electron chi connectivity index (χ3n) is 4.73. The Morgan fingerprint density at radius 2 is 1.77 bits per heavy atom. The SMILES string of the molecule is O=C(CCCc1nc(-c2ccccc2)no1)NCCNc1n[nH]c(=O)c2ccccc12. The third kappa shape index (κ3) is 5.13. The number of anilines is 1. The summed E-state index contributed by atoms with van der Waals surface area (Å²) in [6.45, 7) is 0.922. The number of benzene rings is 2. The van der Waals surface area contributed by atoms with Crippen LogP contribution in [0.2, 0.25) is 0 Å². The molecule has 0 atom stereocenters. The summed E-state index contributed by atoms with van der Waals surface area (Å²) < 4.78 is 5.26. The number of amides is 1. The molecule has 31 heavy (non-hydrogen) atoms. The summed E-state index contributed by atoms with van der Waals surface area (Å²) in [5.74, 6) is 1.60. The molecule has 0 radical (unpaired) electrons. The van der Waals surface area contributed by atoms with Gasteiger partial charge in [-0.2, -0.15) is 10.1 Å². The van der Waals surface area contributed by atoms with Gasteiger partial charge in [-0.05, 0) is 12.5 Å². The van der Waals surface area contributed by atoms with Crippen molar-refractivity contribution in [2.45, 2.75) is 19.3 Å². The fourth-order valence-corrected chi connectivity index (χ4v) is 3.18. The number of fused-ring (bicyclic) bond motifs is 1. The molecule has 0 fully saturated rings. The van der Waals surface area contributed by atoms with Gasteiger partial charge in [0, 0.05) is 36.9 Å². The second-order valence-corrected chi connectivity index (χ2v) is 6.95. The molecule has 0 unspecified atom stereocenters. The van der Waals surface area contributed by atoms with Gasteiger partial charge in [-0.15, -0.1) is 0 Å². The standard InChI is InChI=1S/C22H22N6O3/c29-18(11-6-12-19-25-20(28-31-19)15-7-2-1-3-8-15)23-13-14-24-21-16-9-4-5-10-17(16)22(30)27-26-21/h1-5,7-10H,6,11-14H2,(H,23,29)(H,24,26)(H,27,30). The Bertz CT molecular complexity index is 1220. The number of carbonyl (C=O) groups is 1. The highest BCUT2D eigenvalue weighted by Gasteiger charge is 2.09. The molecular weight excluding hydrogens is 396 g/mol. The molecule has 2 heterocycles. The van der Waals surface area contributed by atoms with E-state index in [-0.39, 0.29) is 11.5 Å². The van der Waals surface area contributed by atoms with Crippen molar-refractivity contribution in [2.75, 3.05) is 18.4 Å². The van der Waals surface area contributed by atoms with Gasteiger partial charge in [0.2, 0.25) is 17.6 Å². The van der Waals surface area contributed by atoms with Crippen LogP contribution in [0.15, 0.2) is 63.9 Å². The van der Waals surface area contributed by atoms with Crippen molar-refractivity contribution in [3.63, 3.8) is 0 Å². The molecule has 0 spiro atoms. The molecule has 0 saturated carbocycles. The fourth-order valence-electron chi connectivity index (χ4n) is 3.18. The first-order valence-electron chi connectivity index (χ1n) is 10.1. The van der Waals surface area contributed by atoms with Crippen LogP contribution in [0.25, 0.3) is 22.2 Å². The molecule has 2 aromatic carbocycles. The van der Waals surface area contributed by atoms with Crippen LogP contribution in [0.4, 0.5) is 5.82 Å². The quantitative estimate of drug-likeness (QED) is 0.357.